The van der Waals surface area contributed by atoms with Crippen LogP contribution < -0.4 is 4.90 Å². The number of aromatic nitrogens is 3. The van der Waals surface area contributed by atoms with E-state index in [-0.39, 0.29) is 0 Å². The molecule has 0 aromatic carbocycles. The van der Waals surface area contributed by atoms with E-state index in [0.29, 0.717) is 11.7 Å². The molecule has 28 heavy (non-hydrogen) atoms. The standard InChI is InChI=1S/C22H27N5O/c1-16-5-6-17(14-23-16)18-13-20-21(24-15-18)25-22(28-20)27-11-7-19(8-12-27)26-9-3-2-4-10-26/h5-6,13-15,19H,2-4,7-12H2,1H3. The van der Waals surface area contributed by atoms with E-state index in [1.54, 1.807) is 0 Å². The van der Waals surface area contributed by atoms with E-state index < -0.39 is 0 Å². The normalized spacial score (nSPS) is 19.4. The minimum Gasteiger partial charge on any atom is -0.422 e. The first kappa shape index (κ1) is 17.6. The van der Waals surface area contributed by atoms with Crippen LogP contribution in [-0.2, 0) is 0 Å². The maximum absolute atomic E-state index is 6.09. The number of anilines is 1. The van der Waals surface area contributed by atoms with Gasteiger partial charge in [0.25, 0.3) is 6.01 Å². The van der Waals surface area contributed by atoms with Gasteiger partial charge in [-0.05, 0) is 57.8 Å². The molecule has 0 amide bonds. The van der Waals surface area contributed by atoms with E-state index >= 15 is 0 Å². The average molecular weight is 377 g/mol. The lowest BCUT2D eigenvalue weighted by atomic mass is 10.0. The highest BCUT2D eigenvalue weighted by Crippen LogP contribution is 2.28. The third-order valence-electron chi connectivity index (χ3n) is 6.12. The second-order valence-electron chi connectivity index (χ2n) is 8.05. The van der Waals surface area contributed by atoms with Gasteiger partial charge in [-0.2, -0.15) is 4.98 Å². The number of pyridine rings is 2. The fourth-order valence-electron chi connectivity index (χ4n) is 4.45. The van der Waals surface area contributed by atoms with Crippen LogP contribution in [0, 0.1) is 6.92 Å². The molecule has 2 fully saturated rings. The Morgan fingerprint density at radius 2 is 1.71 bits per heavy atom. The molecule has 146 valence electrons. The first-order valence-corrected chi connectivity index (χ1v) is 10.4. The lowest BCUT2D eigenvalue weighted by Crippen LogP contribution is -2.46. The Hall–Kier alpha value is -2.47. The summed E-state index contributed by atoms with van der Waals surface area (Å²) in [5, 5.41) is 0. The number of fused-ring (bicyclic) bond motifs is 1. The van der Waals surface area contributed by atoms with E-state index in [2.05, 4.69) is 30.8 Å². The topological polar surface area (TPSA) is 58.3 Å². The van der Waals surface area contributed by atoms with E-state index in [4.69, 9.17) is 4.42 Å². The van der Waals surface area contributed by atoms with Gasteiger partial charge in [-0.15, -0.1) is 0 Å². The molecule has 3 aromatic rings. The van der Waals surface area contributed by atoms with Crippen LogP contribution in [0.15, 0.2) is 35.0 Å². The maximum atomic E-state index is 6.09. The van der Waals surface area contributed by atoms with Gasteiger partial charge in [0.2, 0.25) is 5.65 Å². The average Bonchev–Trinajstić information content (AvgIpc) is 3.18. The lowest BCUT2D eigenvalue weighted by molar-refractivity contribution is 0.140. The zero-order valence-corrected chi connectivity index (χ0v) is 16.5. The Bertz CT molecular complexity index is 937. The van der Waals surface area contributed by atoms with E-state index in [1.807, 2.05) is 31.5 Å². The highest BCUT2D eigenvalue weighted by Gasteiger charge is 2.27. The molecule has 2 aliphatic rings. The van der Waals surface area contributed by atoms with Gasteiger partial charge < -0.3 is 14.2 Å². The molecule has 0 radical (unpaired) electrons. The molecule has 0 unspecified atom stereocenters. The molecule has 0 bridgehead atoms. The zero-order chi connectivity index (χ0) is 18.9. The van der Waals surface area contributed by atoms with Crippen molar-refractivity contribution in [2.24, 2.45) is 0 Å². The summed E-state index contributed by atoms with van der Waals surface area (Å²) in [4.78, 5) is 18.5. The Balaban J connectivity index is 1.31. The Morgan fingerprint density at radius 1 is 0.929 bits per heavy atom. The Labute approximate surface area is 165 Å². The molecule has 6 nitrogen and oxygen atoms in total. The van der Waals surface area contributed by atoms with Crippen LogP contribution >= 0.6 is 0 Å². The molecule has 0 atom stereocenters. The van der Waals surface area contributed by atoms with Crippen LogP contribution in [0.25, 0.3) is 22.4 Å². The van der Waals surface area contributed by atoms with Crippen molar-refractivity contribution in [3.8, 4) is 11.1 Å². The highest BCUT2D eigenvalue weighted by molar-refractivity contribution is 5.77. The van der Waals surface area contributed by atoms with Gasteiger partial charge in [-0.1, -0.05) is 12.5 Å². The number of hydrogen-bond donors (Lipinski definition) is 0. The molecule has 0 N–H and O–H groups in total. The molecule has 5 heterocycles. The zero-order valence-electron chi connectivity index (χ0n) is 16.5. The van der Waals surface area contributed by atoms with Crippen LogP contribution in [0.4, 0.5) is 6.01 Å². The molecule has 0 saturated carbocycles. The third-order valence-corrected chi connectivity index (χ3v) is 6.12. The second kappa shape index (κ2) is 7.51. The van der Waals surface area contributed by atoms with Crippen molar-refractivity contribution >= 4 is 17.2 Å². The second-order valence-corrected chi connectivity index (χ2v) is 8.05. The molecular formula is C22H27N5O. The number of likely N-dealkylation sites (tertiary alicyclic amines) is 1. The minimum absolute atomic E-state index is 0.678. The Kier molecular flexibility index (Phi) is 4.72. The summed E-state index contributed by atoms with van der Waals surface area (Å²) >= 11 is 0. The number of hydrogen-bond acceptors (Lipinski definition) is 6. The maximum Gasteiger partial charge on any atom is 0.299 e. The number of oxazole rings is 1. The lowest BCUT2D eigenvalue weighted by Gasteiger charge is -2.39. The van der Waals surface area contributed by atoms with Crippen molar-refractivity contribution in [3.63, 3.8) is 0 Å². The van der Waals surface area contributed by atoms with Gasteiger partial charge >= 0.3 is 0 Å². The molecule has 0 aliphatic carbocycles. The predicted octanol–water partition coefficient (Wildman–Crippen LogP) is 4.05. The highest BCUT2D eigenvalue weighted by atomic mass is 16.4. The number of nitrogens with zero attached hydrogens (tertiary/aromatic N) is 5. The van der Waals surface area contributed by atoms with Crippen molar-refractivity contribution in [2.75, 3.05) is 31.1 Å². The van der Waals surface area contributed by atoms with Gasteiger partial charge in [0, 0.05) is 48.3 Å². The molecule has 2 saturated heterocycles. The fraction of sp³-hybridized carbons (Fsp3) is 0.500. The molecule has 6 heteroatoms. The van der Waals surface area contributed by atoms with Crippen molar-refractivity contribution in [1.82, 2.24) is 19.9 Å². The number of rotatable bonds is 3. The summed E-state index contributed by atoms with van der Waals surface area (Å²) < 4.78 is 6.09. The van der Waals surface area contributed by atoms with Crippen LogP contribution in [0.3, 0.4) is 0 Å². The molecular weight excluding hydrogens is 350 g/mol. The first-order chi connectivity index (χ1) is 13.8. The van der Waals surface area contributed by atoms with Gasteiger partial charge in [-0.3, -0.25) is 4.98 Å². The van der Waals surface area contributed by atoms with Crippen LogP contribution in [0.1, 0.15) is 37.8 Å². The predicted molar refractivity (Wildman–Crippen MR) is 110 cm³/mol. The SMILES string of the molecule is Cc1ccc(-c2cnc3nc(N4CCC(N5CCCCC5)CC4)oc3c2)cn1. The first-order valence-electron chi connectivity index (χ1n) is 10.4. The largest absolute Gasteiger partial charge is 0.422 e. The van der Waals surface area contributed by atoms with Gasteiger partial charge in [0.15, 0.2) is 5.58 Å². The monoisotopic (exact) mass is 377 g/mol. The van der Waals surface area contributed by atoms with Crippen LogP contribution in [-0.4, -0.2) is 52.1 Å². The van der Waals surface area contributed by atoms with E-state index in [1.165, 1.54) is 45.2 Å². The summed E-state index contributed by atoms with van der Waals surface area (Å²) in [6, 6.07) is 7.52. The molecule has 0 spiro atoms. The minimum atomic E-state index is 0.678. The molecule has 5 rings (SSSR count). The van der Waals surface area contributed by atoms with Crippen molar-refractivity contribution < 1.29 is 4.42 Å². The summed E-state index contributed by atoms with van der Waals surface area (Å²) in [6.45, 7) is 6.54. The smallest absolute Gasteiger partial charge is 0.299 e. The van der Waals surface area contributed by atoms with Gasteiger partial charge in [0.05, 0.1) is 0 Å². The fourth-order valence-corrected chi connectivity index (χ4v) is 4.45. The molecule has 2 aliphatic heterocycles. The van der Waals surface area contributed by atoms with Crippen molar-refractivity contribution in [2.45, 2.75) is 45.1 Å². The number of piperidine rings is 2. The Morgan fingerprint density at radius 3 is 2.46 bits per heavy atom. The van der Waals surface area contributed by atoms with E-state index in [9.17, 15) is 0 Å². The summed E-state index contributed by atoms with van der Waals surface area (Å²) in [5.41, 5.74) is 4.47. The van der Waals surface area contributed by atoms with Crippen molar-refractivity contribution in [1.29, 1.82) is 0 Å². The van der Waals surface area contributed by atoms with Crippen LogP contribution in [0.2, 0.25) is 0 Å². The summed E-state index contributed by atoms with van der Waals surface area (Å²) in [5.74, 6) is 0. The van der Waals surface area contributed by atoms with E-state index in [0.717, 1.165) is 41.5 Å². The number of aryl methyl sites for hydroxylation is 1. The van der Waals surface area contributed by atoms with Gasteiger partial charge in [0.1, 0.15) is 0 Å². The quantitative estimate of drug-likeness (QED) is 0.686. The van der Waals surface area contributed by atoms with Crippen LogP contribution in [0.5, 0.6) is 0 Å². The summed E-state index contributed by atoms with van der Waals surface area (Å²) in [7, 11) is 0. The van der Waals surface area contributed by atoms with Crippen molar-refractivity contribution in [3.05, 3.63) is 36.3 Å². The van der Waals surface area contributed by atoms with Gasteiger partial charge in [-0.25, -0.2) is 4.98 Å². The molecule has 3 aromatic heterocycles. The third kappa shape index (κ3) is 3.49. The summed E-state index contributed by atoms with van der Waals surface area (Å²) in [6.07, 6.45) is 10.2.